The molecule has 3 heterocycles. The van der Waals surface area contributed by atoms with E-state index in [2.05, 4.69) is 224 Å². The number of thiophene rings is 1. The summed E-state index contributed by atoms with van der Waals surface area (Å²) in [4.78, 5) is 5.54. The first-order valence-electron chi connectivity index (χ1n) is 25.2. The van der Waals surface area contributed by atoms with Crippen molar-refractivity contribution in [2.45, 2.75) is 189 Å². The van der Waals surface area contributed by atoms with E-state index in [1.54, 1.807) is 5.19 Å². The van der Waals surface area contributed by atoms with E-state index in [9.17, 15) is 0 Å². The molecule has 0 spiro atoms. The van der Waals surface area contributed by atoms with Crippen LogP contribution in [-0.4, -0.2) is 14.8 Å². The SMILES string of the molecule is Cc1cc2c3c(c1)N(c1c(C)cc(C(C)(C)C)cc1[Si](C)(C)C)c1c(sc4ccc(C(C)(C)C)cc14)B3c1cc3c(cc1N2c1ccc2c(c1)C(C)(C)CCC2(C)C)C(C)(C)CCC3(C)C. The third kappa shape index (κ3) is 6.88. The van der Waals surface area contributed by atoms with Crippen LogP contribution in [0.5, 0.6) is 0 Å². The second-order valence-electron chi connectivity index (χ2n) is 27.0. The molecule has 0 saturated heterocycles. The van der Waals surface area contributed by atoms with Crippen molar-refractivity contribution in [3.63, 3.8) is 0 Å². The fourth-order valence-corrected chi connectivity index (χ4v) is 15.4. The van der Waals surface area contributed by atoms with Crippen molar-refractivity contribution >= 4 is 91.2 Å². The van der Waals surface area contributed by atoms with Crippen LogP contribution >= 0.6 is 11.3 Å². The standard InChI is InChI=1S/C61H77BN2SSi/c1-36-28-48-52-49(29-36)64(53-37(2)30-39(57(6,7)8)32-51(53)66(17,18)19)54-41-31-38(56(3,4)5)20-23-50(41)65-55(54)62(52)46-34-44-45(61(15,16)27-26-60(44,13)14)35-47(46)63(48)40-21-22-42-43(33-40)59(11,12)25-24-58(42,9)10/h20-23,28-35H,24-27H2,1-19H3. The van der Waals surface area contributed by atoms with Gasteiger partial charge in [-0.3, -0.25) is 0 Å². The Morgan fingerprint density at radius 3 is 1.67 bits per heavy atom. The zero-order valence-corrected chi connectivity index (χ0v) is 46.0. The molecule has 2 nitrogen and oxygen atoms in total. The minimum atomic E-state index is -1.93. The van der Waals surface area contributed by atoms with E-state index in [0.717, 1.165) is 0 Å². The number of nitrogens with zero attached hydrogens (tertiary/aromatic N) is 2. The Labute approximate surface area is 404 Å². The van der Waals surface area contributed by atoms with Gasteiger partial charge in [0.15, 0.2) is 0 Å². The molecule has 2 aliphatic heterocycles. The number of benzene rings is 5. The molecule has 2 aliphatic carbocycles. The highest BCUT2D eigenvalue weighted by Gasteiger charge is 2.49. The largest absolute Gasteiger partial charge is 0.311 e. The Morgan fingerprint density at radius 1 is 0.545 bits per heavy atom. The topological polar surface area (TPSA) is 6.48 Å². The Morgan fingerprint density at radius 2 is 1.09 bits per heavy atom. The monoisotopic (exact) mass is 909 g/mol. The number of aryl methyl sites for hydroxylation is 2. The molecule has 0 bridgehead atoms. The summed E-state index contributed by atoms with van der Waals surface area (Å²) in [7, 11) is -1.93. The maximum absolute atomic E-state index is 2.81. The van der Waals surface area contributed by atoms with Crippen molar-refractivity contribution in [2.75, 3.05) is 9.80 Å². The molecular weight excluding hydrogens is 832 g/mol. The number of anilines is 6. The van der Waals surface area contributed by atoms with Crippen LogP contribution in [0.3, 0.4) is 0 Å². The van der Waals surface area contributed by atoms with Crippen molar-refractivity contribution in [2.24, 2.45) is 0 Å². The molecule has 0 atom stereocenters. The third-order valence-corrected chi connectivity index (χ3v) is 20.2. The molecule has 0 amide bonds. The Bertz CT molecular complexity index is 3030. The predicted molar refractivity (Wildman–Crippen MR) is 296 cm³/mol. The second kappa shape index (κ2) is 14.3. The van der Waals surface area contributed by atoms with Gasteiger partial charge < -0.3 is 9.80 Å². The van der Waals surface area contributed by atoms with E-state index in [4.69, 9.17) is 0 Å². The second-order valence-corrected chi connectivity index (χ2v) is 33.1. The van der Waals surface area contributed by atoms with Crippen LogP contribution in [0.1, 0.15) is 167 Å². The maximum atomic E-state index is 2.81. The van der Waals surface area contributed by atoms with Crippen molar-refractivity contribution in [3.8, 4) is 0 Å². The van der Waals surface area contributed by atoms with Crippen molar-refractivity contribution in [1.82, 2.24) is 0 Å². The van der Waals surface area contributed by atoms with Gasteiger partial charge in [0.05, 0.1) is 13.8 Å². The average Bonchev–Trinajstić information content (AvgIpc) is 3.58. The zero-order valence-electron chi connectivity index (χ0n) is 44.1. The lowest BCUT2D eigenvalue weighted by molar-refractivity contribution is 0.332. The fraction of sp³-hybridized carbons (Fsp3) is 0.475. The minimum Gasteiger partial charge on any atom is -0.311 e. The highest BCUT2D eigenvalue weighted by molar-refractivity contribution is 7.33. The Balaban J connectivity index is 1.38. The zero-order chi connectivity index (χ0) is 47.8. The van der Waals surface area contributed by atoms with Gasteiger partial charge in [0.2, 0.25) is 0 Å². The van der Waals surface area contributed by atoms with Gasteiger partial charge in [-0.1, -0.05) is 147 Å². The number of hydrogen-bond donors (Lipinski definition) is 0. The molecule has 10 rings (SSSR count). The molecular formula is C61H77BN2SSi. The summed E-state index contributed by atoms with van der Waals surface area (Å²) in [6.07, 6.45) is 4.79. The summed E-state index contributed by atoms with van der Waals surface area (Å²) in [5, 5.41) is 2.93. The average molecular weight is 909 g/mol. The molecule has 6 aromatic rings. The van der Waals surface area contributed by atoms with Crippen LogP contribution in [-0.2, 0) is 32.5 Å². The van der Waals surface area contributed by atoms with Gasteiger partial charge in [-0.15, -0.1) is 11.3 Å². The number of hydrogen-bond acceptors (Lipinski definition) is 3. The summed E-state index contributed by atoms with van der Waals surface area (Å²) in [5.41, 5.74) is 23.1. The lowest BCUT2D eigenvalue weighted by atomic mass is 9.35. The van der Waals surface area contributed by atoms with E-state index in [-0.39, 0.29) is 39.2 Å². The molecule has 344 valence electrons. The minimum absolute atomic E-state index is 0.0198. The maximum Gasteiger partial charge on any atom is 0.264 e. The van der Waals surface area contributed by atoms with Crippen molar-refractivity contribution < 1.29 is 0 Å². The summed E-state index contributed by atoms with van der Waals surface area (Å²) < 4.78 is 2.86. The van der Waals surface area contributed by atoms with Gasteiger partial charge in [0.25, 0.3) is 6.71 Å². The molecule has 0 saturated carbocycles. The first kappa shape index (κ1) is 45.7. The smallest absolute Gasteiger partial charge is 0.264 e. The van der Waals surface area contributed by atoms with E-state index >= 15 is 0 Å². The Kier molecular flexibility index (Phi) is 9.87. The molecule has 4 aliphatic rings. The summed E-state index contributed by atoms with van der Waals surface area (Å²) >= 11 is 2.05. The van der Waals surface area contributed by atoms with E-state index in [0.29, 0.717) is 0 Å². The highest BCUT2D eigenvalue weighted by atomic mass is 32.1. The first-order chi connectivity index (χ1) is 30.4. The first-order valence-corrected chi connectivity index (χ1v) is 29.5. The summed E-state index contributed by atoms with van der Waals surface area (Å²) in [6, 6.07) is 30.7. The third-order valence-electron chi connectivity index (χ3n) is 16.9. The van der Waals surface area contributed by atoms with Crippen molar-refractivity contribution in [3.05, 3.63) is 117 Å². The molecule has 66 heavy (non-hydrogen) atoms. The van der Waals surface area contributed by atoms with Crippen LogP contribution in [0, 0.1) is 13.8 Å². The van der Waals surface area contributed by atoms with Gasteiger partial charge in [-0.25, -0.2) is 0 Å². The summed E-state index contributed by atoms with van der Waals surface area (Å²) in [6.45, 7) is 46.7. The highest BCUT2D eigenvalue weighted by Crippen LogP contribution is 2.54. The van der Waals surface area contributed by atoms with Crippen molar-refractivity contribution in [1.29, 1.82) is 0 Å². The molecule has 1 aromatic heterocycles. The quantitative estimate of drug-likeness (QED) is 0.163. The van der Waals surface area contributed by atoms with Gasteiger partial charge in [-0.2, -0.15) is 0 Å². The lowest BCUT2D eigenvalue weighted by Crippen LogP contribution is -2.61. The van der Waals surface area contributed by atoms with E-state index in [1.807, 2.05) is 0 Å². The molecule has 0 N–H and O–H groups in total. The number of rotatable bonds is 3. The van der Waals surface area contributed by atoms with Crippen LogP contribution in [0.2, 0.25) is 19.6 Å². The Hall–Kier alpha value is -4.06. The molecule has 0 radical (unpaired) electrons. The van der Waals surface area contributed by atoms with Gasteiger partial charge in [0, 0.05) is 43.3 Å². The van der Waals surface area contributed by atoms with Gasteiger partial charge >= 0.3 is 0 Å². The van der Waals surface area contributed by atoms with E-state index < -0.39 is 8.07 Å². The normalized spacial score (nSPS) is 19.0. The van der Waals surface area contributed by atoms with Crippen LogP contribution < -0.4 is 30.7 Å². The van der Waals surface area contributed by atoms with E-state index in [1.165, 1.54) is 130 Å². The van der Waals surface area contributed by atoms with Crippen LogP contribution in [0.15, 0.2) is 72.8 Å². The molecule has 5 aromatic carbocycles. The number of fused-ring (bicyclic) bond motifs is 8. The molecule has 0 unspecified atom stereocenters. The molecule has 0 fully saturated rings. The lowest BCUT2D eigenvalue weighted by Gasteiger charge is -2.48. The van der Waals surface area contributed by atoms with Crippen LogP contribution in [0.4, 0.5) is 34.1 Å². The fourth-order valence-electron chi connectivity index (χ4n) is 12.5. The van der Waals surface area contributed by atoms with Gasteiger partial charge in [-0.05, 0) is 175 Å². The predicted octanol–water partition coefficient (Wildman–Crippen LogP) is 15.4. The van der Waals surface area contributed by atoms with Gasteiger partial charge in [0.1, 0.15) is 0 Å². The summed E-state index contributed by atoms with van der Waals surface area (Å²) in [5.74, 6) is 0. The van der Waals surface area contributed by atoms with Crippen LogP contribution in [0.25, 0.3) is 10.1 Å². The molecule has 5 heteroatoms.